The first kappa shape index (κ1) is 59.8. The van der Waals surface area contributed by atoms with Crippen LogP contribution in [0.5, 0.6) is 11.5 Å². The fourth-order valence-corrected chi connectivity index (χ4v) is 10.1. The highest BCUT2D eigenvalue weighted by molar-refractivity contribution is 7.92. The number of aromatic carboxylic acids is 1. The molecule has 0 radical (unpaired) electrons. The van der Waals surface area contributed by atoms with Crippen molar-refractivity contribution in [2.45, 2.75) is 71.0 Å². The first-order valence-corrected chi connectivity index (χ1v) is 27.9. The molecule has 6 aromatic rings. The van der Waals surface area contributed by atoms with E-state index < -0.39 is 78.7 Å². The number of hydrogen-bond acceptors (Lipinski definition) is 9. The van der Waals surface area contributed by atoms with Crippen LogP contribution in [0.1, 0.15) is 111 Å². The second kappa shape index (κ2) is 24.2. The Morgan fingerprint density at radius 1 is 0.537 bits per heavy atom. The maximum atomic E-state index is 14.2. The van der Waals surface area contributed by atoms with Gasteiger partial charge in [-0.25, -0.2) is 44.0 Å². The molecule has 3 N–H and O–H groups in total. The molecule has 0 spiro atoms. The first-order chi connectivity index (χ1) is 37.5. The van der Waals surface area contributed by atoms with Crippen LogP contribution in [-0.4, -0.2) is 53.0 Å². The van der Waals surface area contributed by atoms with Crippen molar-refractivity contribution in [2.75, 3.05) is 28.6 Å². The first-order valence-electron chi connectivity index (χ1n) is 24.1. The van der Waals surface area contributed by atoms with Crippen molar-refractivity contribution >= 4 is 65.7 Å². The average molecular weight is 1160 g/mol. The standard InChI is InChI=1S/C29H26F5NO5S.C27H22F5NO5S/c1-3-39-28(36)19-11-18(12-22(13-19)35-41(2,37)38)23-5-4-6-24(23)25-14-20(29(32,33)34)8-10-27(25)40-16-17-7-9-21(30)15-26(17)31;1-39(36,37)33-20-10-16(9-17(11-20)26(34)35)21-3-2-4-22(21)23-12-18(27(30,31)32)6-8-25(23)38-14-15-5-7-19(28)13-24(15)29/h7-15,35H,3-6,16H2,1-2H3;5-13,33H,2-4,14H2,1H3,(H,34,35). The van der Waals surface area contributed by atoms with Gasteiger partial charge in [0, 0.05) is 45.8 Å². The fraction of sp³-hybridized carbons (Fsp3) is 0.250. The Labute approximate surface area is 452 Å². The van der Waals surface area contributed by atoms with E-state index >= 15 is 0 Å². The van der Waals surface area contributed by atoms with E-state index in [4.69, 9.17) is 14.2 Å². The number of anilines is 2. The van der Waals surface area contributed by atoms with Crippen LogP contribution in [0.2, 0.25) is 0 Å². The summed E-state index contributed by atoms with van der Waals surface area (Å²) in [5.74, 6) is -5.26. The normalized spacial score (nSPS) is 13.9. The second-order valence-corrected chi connectivity index (χ2v) is 22.0. The number of esters is 1. The minimum atomic E-state index is -4.68. The molecule has 424 valence electrons. The summed E-state index contributed by atoms with van der Waals surface area (Å²) in [6.45, 7) is 0.936. The van der Waals surface area contributed by atoms with E-state index in [-0.39, 0.29) is 76.1 Å². The molecule has 0 heterocycles. The van der Waals surface area contributed by atoms with Crippen LogP contribution in [0.15, 0.2) is 109 Å². The average Bonchev–Trinajstić information content (AvgIpc) is 4.09. The van der Waals surface area contributed by atoms with Gasteiger partial charge in [-0.15, -0.1) is 0 Å². The van der Waals surface area contributed by atoms with Crippen molar-refractivity contribution in [1.82, 2.24) is 0 Å². The van der Waals surface area contributed by atoms with Crippen LogP contribution in [0, 0.1) is 23.3 Å². The van der Waals surface area contributed by atoms with Crippen molar-refractivity contribution in [2.24, 2.45) is 0 Å². The van der Waals surface area contributed by atoms with Crippen LogP contribution < -0.4 is 18.9 Å². The molecule has 12 nitrogen and oxygen atoms in total. The monoisotopic (exact) mass is 1160 g/mol. The van der Waals surface area contributed by atoms with Crippen molar-refractivity contribution in [3.8, 4) is 11.5 Å². The van der Waals surface area contributed by atoms with E-state index in [1.165, 1.54) is 42.5 Å². The number of benzene rings is 6. The van der Waals surface area contributed by atoms with E-state index in [1.807, 2.05) is 0 Å². The number of hydrogen-bond donors (Lipinski definition) is 3. The lowest BCUT2D eigenvalue weighted by atomic mass is 9.93. The van der Waals surface area contributed by atoms with E-state index in [1.54, 1.807) is 6.92 Å². The molecule has 2 aliphatic carbocycles. The molecular formula is C56H48F10N2O10S2. The number of carbonyl (C=O) groups excluding carboxylic acids is 1. The van der Waals surface area contributed by atoms with Crippen LogP contribution in [0.3, 0.4) is 0 Å². The van der Waals surface area contributed by atoms with Crippen LogP contribution in [-0.2, 0) is 50.3 Å². The molecular weight excluding hydrogens is 1110 g/mol. The van der Waals surface area contributed by atoms with Crippen LogP contribution in [0.4, 0.5) is 55.3 Å². The molecule has 24 heteroatoms. The molecule has 0 fully saturated rings. The molecule has 0 amide bonds. The summed E-state index contributed by atoms with van der Waals surface area (Å²) in [4.78, 5) is 24.3. The number of carboxylic acids is 1. The van der Waals surface area contributed by atoms with Crippen molar-refractivity contribution in [3.63, 3.8) is 0 Å². The van der Waals surface area contributed by atoms with Crippen molar-refractivity contribution in [3.05, 3.63) is 188 Å². The SMILES string of the molecule is CCOC(=O)c1cc(NS(C)(=O)=O)cc(C2=C(c3cc(C(F)(F)F)ccc3OCc3ccc(F)cc3F)CCC2)c1.CS(=O)(=O)Nc1cc(C(=O)O)cc(C2=C(c3cc(C(F)(F)F)ccc3OCc3ccc(F)cc3F)CCC2)c1. The van der Waals surface area contributed by atoms with Gasteiger partial charge in [-0.2, -0.15) is 26.3 Å². The van der Waals surface area contributed by atoms with Crippen molar-refractivity contribution < 1.29 is 89.6 Å². The topological polar surface area (TPSA) is 174 Å². The Morgan fingerprint density at radius 3 is 1.31 bits per heavy atom. The zero-order valence-electron chi connectivity index (χ0n) is 42.5. The predicted octanol–water partition coefficient (Wildman–Crippen LogP) is 13.9. The molecule has 0 saturated heterocycles. The smallest absolute Gasteiger partial charge is 0.416 e. The zero-order valence-corrected chi connectivity index (χ0v) is 44.1. The predicted molar refractivity (Wildman–Crippen MR) is 278 cm³/mol. The Hall–Kier alpha value is -7.86. The van der Waals surface area contributed by atoms with Gasteiger partial charge in [0.25, 0.3) is 0 Å². The lowest BCUT2D eigenvalue weighted by Crippen LogP contribution is -2.12. The number of carbonyl (C=O) groups is 2. The summed E-state index contributed by atoms with van der Waals surface area (Å²) >= 11 is 0. The summed E-state index contributed by atoms with van der Waals surface area (Å²) in [7, 11) is -7.48. The summed E-state index contributed by atoms with van der Waals surface area (Å²) < 4.78 is 205. The van der Waals surface area contributed by atoms with Gasteiger partial charge in [0.1, 0.15) is 48.0 Å². The van der Waals surface area contributed by atoms with E-state index in [9.17, 15) is 75.4 Å². The lowest BCUT2D eigenvalue weighted by Gasteiger charge is -2.18. The van der Waals surface area contributed by atoms with Gasteiger partial charge >= 0.3 is 24.3 Å². The van der Waals surface area contributed by atoms with Crippen LogP contribution in [0.25, 0.3) is 22.3 Å². The number of allylic oxidation sites excluding steroid dienone is 4. The van der Waals surface area contributed by atoms with Gasteiger partial charge in [0.2, 0.25) is 20.0 Å². The minimum Gasteiger partial charge on any atom is -0.488 e. The highest BCUT2D eigenvalue weighted by Crippen LogP contribution is 2.47. The molecule has 0 atom stereocenters. The fourth-order valence-electron chi connectivity index (χ4n) is 9.05. The summed E-state index contributed by atoms with van der Waals surface area (Å²) in [5.41, 5.74) is 1.03. The number of alkyl halides is 6. The largest absolute Gasteiger partial charge is 0.488 e. The number of sulfonamides is 2. The molecule has 0 unspecified atom stereocenters. The lowest BCUT2D eigenvalue weighted by molar-refractivity contribution is -0.138. The third-order valence-electron chi connectivity index (χ3n) is 12.4. The molecule has 0 aliphatic heterocycles. The number of rotatable bonds is 17. The van der Waals surface area contributed by atoms with Gasteiger partial charge in [-0.3, -0.25) is 9.44 Å². The Morgan fingerprint density at radius 2 is 0.938 bits per heavy atom. The molecule has 6 aromatic carbocycles. The Bertz CT molecular complexity index is 3680. The third kappa shape index (κ3) is 15.5. The van der Waals surface area contributed by atoms with Gasteiger partial charge < -0.3 is 19.3 Å². The van der Waals surface area contributed by atoms with Crippen molar-refractivity contribution in [1.29, 1.82) is 0 Å². The molecule has 8 rings (SSSR count). The number of carboxylic acid groups (broad SMARTS) is 1. The number of nitrogens with one attached hydrogen (secondary N) is 2. The maximum Gasteiger partial charge on any atom is 0.416 e. The van der Waals surface area contributed by atoms with E-state index in [0.717, 1.165) is 67.1 Å². The summed E-state index contributed by atoms with van der Waals surface area (Å²) in [6, 6.07) is 19.8. The van der Waals surface area contributed by atoms with Gasteiger partial charge in [0.15, 0.2) is 0 Å². The Kier molecular flexibility index (Phi) is 18.1. The van der Waals surface area contributed by atoms with Crippen LogP contribution >= 0.6 is 0 Å². The third-order valence-corrected chi connectivity index (χ3v) is 13.6. The minimum absolute atomic E-state index is 0.00600. The molecule has 2 aliphatic rings. The Balaban J connectivity index is 0.000000231. The van der Waals surface area contributed by atoms with E-state index in [2.05, 4.69) is 9.44 Å². The summed E-state index contributed by atoms with van der Waals surface area (Å²) in [6.07, 6.45) is -4.93. The van der Waals surface area contributed by atoms with Gasteiger partial charge in [-0.05, 0) is 176 Å². The number of halogens is 10. The van der Waals surface area contributed by atoms with Gasteiger partial charge in [-0.1, -0.05) is 0 Å². The molecule has 0 bridgehead atoms. The molecule has 80 heavy (non-hydrogen) atoms. The van der Waals surface area contributed by atoms with E-state index in [0.29, 0.717) is 84.1 Å². The molecule has 0 saturated carbocycles. The molecule has 0 aromatic heterocycles. The van der Waals surface area contributed by atoms with Gasteiger partial charge in [0.05, 0.1) is 41.4 Å². The maximum absolute atomic E-state index is 14.2. The summed E-state index contributed by atoms with van der Waals surface area (Å²) in [5, 5.41) is 9.55. The number of ether oxygens (including phenoxy) is 3. The quantitative estimate of drug-likeness (QED) is 0.0589. The zero-order chi connectivity index (χ0) is 58.5. The highest BCUT2D eigenvalue weighted by atomic mass is 32.2. The highest BCUT2D eigenvalue weighted by Gasteiger charge is 2.34. The second-order valence-electron chi connectivity index (χ2n) is 18.5.